The predicted molar refractivity (Wildman–Crippen MR) is 210 cm³/mol. The Hall–Kier alpha value is -7.38. The van der Waals surface area contributed by atoms with E-state index in [1.165, 1.54) is 22.0 Å². The number of fused-ring (bicyclic) bond motifs is 1. The van der Waals surface area contributed by atoms with Crippen LogP contribution in [-0.2, 0) is 25.5 Å². The molecule has 19 heteroatoms. The van der Waals surface area contributed by atoms with Crippen LogP contribution >= 0.6 is 0 Å². The summed E-state index contributed by atoms with van der Waals surface area (Å²) in [5, 5.41) is 9.03. The van der Waals surface area contributed by atoms with Crippen molar-refractivity contribution in [2.45, 2.75) is 31.7 Å². The van der Waals surface area contributed by atoms with Crippen molar-refractivity contribution in [3.63, 3.8) is 0 Å². The highest BCUT2D eigenvalue weighted by molar-refractivity contribution is 6.23. The lowest BCUT2D eigenvalue weighted by atomic mass is 10.0. The quantitative estimate of drug-likeness (QED) is 0.0902. The van der Waals surface area contributed by atoms with E-state index in [1.807, 2.05) is 0 Å². The molecule has 60 heavy (non-hydrogen) atoms. The molecule has 5 aromatic rings. The van der Waals surface area contributed by atoms with Crippen molar-refractivity contribution in [2.24, 2.45) is 5.73 Å². The lowest BCUT2D eigenvalue weighted by molar-refractivity contribution is -0.136. The first kappa shape index (κ1) is 40.8. The number of hydrogen-bond donors (Lipinski definition) is 3. The summed E-state index contributed by atoms with van der Waals surface area (Å²) in [4.78, 5) is 98.6. The molecule has 4 N–H and O–H groups in total. The number of likely N-dealkylation sites (N-methyl/N-ethyl adjacent to an activating group) is 1. The van der Waals surface area contributed by atoms with E-state index in [0.717, 1.165) is 10.5 Å². The van der Waals surface area contributed by atoms with Gasteiger partial charge in [0.15, 0.2) is 11.4 Å². The first-order valence-electron chi connectivity index (χ1n) is 18.9. The molecule has 7 amide bonds. The van der Waals surface area contributed by atoms with Gasteiger partial charge in [0, 0.05) is 50.1 Å². The highest BCUT2D eigenvalue weighted by atomic mass is 16.5. The zero-order valence-electron chi connectivity index (χ0n) is 32.3. The molecule has 1 saturated heterocycles. The number of aromatic nitrogens is 4. The summed E-state index contributed by atoms with van der Waals surface area (Å²) >= 11 is 0. The summed E-state index contributed by atoms with van der Waals surface area (Å²) in [6.45, 7) is 1.67. The van der Waals surface area contributed by atoms with Crippen molar-refractivity contribution < 1.29 is 47.5 Å². The maximum absolute atomic E-state index is 13.1. The first-order chi connectivity index (χ1) is 29.0. The molecule has 1 unspecified atom stereocenters. The van der Waals surface area contributed by atoms with Crippen molar-refractivity contribution in [3.8, 4) is 17.1 Å². The van der Waals surface area contributed by atoms with Gasteiger partial charge in [-0.15, -0.1) is 0 Å². The number of nitrogens with two attached hydrogens (primary N) is 1. The van der Waals surface area contributed by atoms with Crippen LogP contribution < -0.4 is 16.4 Å². The smallest absolute Gasteiger partial charge is 0.277 e. The van der Waals surface area contributed by atoms with Crippen LogP contribution in [0.25, 0.3) is 17.1 Å². The van der Waals surface area contributed by atoms with E-state index in [4.69, 9.17) is 19.6 Å². The van der Waals surface area contributed by atoms with Gasteiger partial charge >= 0.3 is 0 Å². The number of carbonyl (C=O) groups excluding carboxylic acids is 7. The third kappa shape index (κ3) is 9.01. The Morgan fingerprint density at radius 2 is 1.68 bits per heavy atom. The van der Waals surface area contributed by atoms with Gasteiger partial charge in [-0.2, -0.15) is 5.10 Å². The first-order valence-corrected chi connectivity index (χ1v) is 18.9. The molecule has 0 aliphatic carbocycles. The molecule has 3 aromatic heterocycles. The summed E-state index contributed by atoms with van der Waals surface area (Å²) in [6, 6.07) is 13.9. The number of amides is 7. The Kier molecular flexibility index (Phi) is 12.3. The minimum atomic E-state index is -1.01. The van der Waals surface area contributed by atoms with Gasteiger partial charge in [0.25, 0.3) is 29.5 Å². The number of rotatable bonds is 17. The average Bonchev–Trinajstić information content (AvgIpc) is 3.98. The van der Waals surface area contributed by atoms with Crippen LogP contribution in [0.2, 0.25) is 0 Å². The van der Waals surface area contributed by atoms with Crippen molar-refractivity contribution in [1.82, 2.24) is 34.9 Å². The van der Waals surface area contributed by atoms with Crippen LogP contribution in [0.4, 0.5) is 5.69 Å². The van der Waals surface area contributed by atoms with E-state index in [9.17, 15) is 33.6 Å². The molecule has 308 valence electrons. The van der Waals surface area contributed by atoms with E-state index in [1.54, 1.807) is 74.0 Å². The Morgan fingerprint density at radius 3 is 2.42 bits per heavy atom. The molecule has 7 rings (SSSR count). The van der Waals surface area contributed by atoms with E-state index in [-0.39, 0.29) is 59.4 Å². The fourth-order valence-electron chi connectivity index (χ4n) is 6.63. The average molecular weight is 818 g/mol. The molecule has 19 nitrogen and oxygen atoms in total. The van der Waals surface area contributed by atoms with Gasteiger partial charge in [0.1, 0.15) is 12.3 Å². The lowest BCUT2D eigenvalue weighted by Gasteiger charge is -2.27. The fraction of sp³-hybridized carbons (Fsp3) is 0.268. The maximum atomic E-state index is 13.1. The van der Waals surface area contributed by atoms with Crippen LogP contribution in [0.15, 0.2) is 83.9 Å². The van der Waals surface area contributed by atoms with Gasteiger partial charge in [0.05, 0.1) is 48.5 Å². The van der Waals surface area contributed by atoms with Crippen LogP contribution in [0, 0.1) is 0 Å². The van der Waals surface area contributed by atoms with Gasteiger partial charge < -0.3 is 29.8 Å². The second-order valence-corrected chi connectivity index (χ2v) is 13.9. The second-order valence-electron chi connectivity index (χ2n) is 13.9. The van der Waals surface area contributed by atoms with Crippen LogP contribution in [0.5, 0.6) is 0 Å². The van der Waals surface area contributed by atoms with Crippen LogP contribution in [0.3, 0.4) is 0 Å². The van der Waals surface area contributed by atoms with Crippen molar-refractivity contribution >= 4 is 47.0 Å². The minimum absolute atomic E-state index is 0.0264. The molecule has 2 aliphatic heterocycles. The third-order valence-electron chi connectivity index (χ3n) is 9.79. The van der Waals surface area contributed by atoms with Gasteiger partial charge in [-0.25, -0.2) is 9.67 Å². The Labute approximate surface area is 341 Å². The molecule has 0 bridgehead atoms. The number of carbonyl (C=O) groups is 7. The zero-order valence-corrected chi connectivity index (χ0v) is 32.3. The number of nitrogens with zero attached hydrogens (tertiary/aromatic N) is 6. The number of hydrogen-bond acceptors (Lipinski definition) is 13. The van der Waals surface area contributed by atoms with Gasteiger partial charge in [0.2, 0.25) is 17.7 Å². The number of aryl methyl sites for hydroxylation is 1. The Balaban J connectivity index is 0.813. The fourth-order valence-corrected chi connectivity index (χ4v) is 6.63. The number of piperidine rings is 1. The number of primary amides is 1. The number of imide groups is 2. The number of anilines is 1. The number of ether oxygens (including phenoxy) is 2. The Morgan fingerprint density at radius 1 is 0.950 bits per heavy atom. The topological polar surface area (TPSA) is 251 Å². The molecule has 0 radical (unpaired) electrons. The van der Waals surface area contributed by atoms with E-state index >= 15 is 0 Å². The molecule has 1 atom stereocenters. The van der Waals surface area contributed by atoms with Gasteiger partial charge in [-0.3, -0.25) is 48.8 Å². The van der Waals surface area contributed by atoms with Gasteiger partial charge in [-0.1, -0.05) is 6.07 Å². The molecular formula is C41H39N9O10. The molecule has 0 spiro atoms. The summed E-state index contributed by atoms with van der Waals surface area (Å²) in [5.74, 6) is -3.69. The van der Waals surface area contributed by atoms with E-state index in [2.05, 4.69) is 25.7 Å². The third-order valence-corrected chi connectivity index (χ3v) is 9.79. The lowest BCUT2D eigenvalue weighted by Crippen LogP contribution is -2.54. The molecule has 0 saturated carbocycles. The monoisotopic (exact) mass is 817 g/mol. The van der Waals surface area contributed by atoms with Crippen molar-refractivity contribution in [2.75, 3.05) is 45.3 Å². The number of oxazole rings is 1. The summed E-state index contributed by atoms with van der Waals surface area (Å²) in [7, 11) is 1.65. The van der Waals surface area contributed by atoms with Crippen LogP contribution in [0.1, 0.15) is 76.9 Å². The van der Waals surface area contributed by atoms with Crippen molar-refractivity contribution in [1.29, 1.82) is 0 Å². The van der Waals surface area contributed by atoms with E-state index in [0.29, 0.717) is 56.0 Å². The predicted octanol–water partition coefficient (Wildman–Crippen LogP) is 2.41. The highest BCUT2D eigenvalue weighted by Gasteiger charge is 2.44. The molecule has 2 aromatic carbocycles. The summed E-state index contributed by atoms with van der Waals surface area (Å²) < 4.78 is 18.1. The van der Waals surface area contributed by atoms with Crippen molar-refractivity contribution in [3.05, 3.63) is 113 Å². The van der Waals surface area contributed by atoms with Crippen LogP contribution in [-0.4, -0.2) is 117 Å². The zero-order chi connectivity index (χ0) is 42.3. The maximum Gasteiger partial charge on any atom is 0.277 e. The normalized spacial score (nSPS) is 14.9. The Bertz CT molecular complexity index is 2460. The second kappa shape index (κ2) is 18.0. The standard InChI is InChI=1S/C41H39N9O10/c1-48(16-18-59-20-19-58-17-2-3-24-4-9-28-29(21-24)41(57)50(40(28)56)32-10-11-33(51)46-37(32)54)39(55)26-5-7-27(8-6-26)49-22-30(34(47-49)35(42)52)44-36(53)31-23-60-38(45-31)25-12-14-43-15-13-25/h4-9,12-15,21-23,32H,2-3,10-11,16-20H2,1H3,(H2,42,52)(H,44,53)(H,46,51,54). The summed E-state index contributed by atoms with van der Waals surface area (Å²) in [6.07, 6.45) is 7.15. The largest absolute Gasteiger partial charge is 0.444 e. The highest BCUT2D eigenvalue weighted by Crippen LogP contribution is 2.29. The van der Waals surface area contributed by atoms with E-state index < -0.39 is 41.5 Å². The SMILES string of the molecule is CN(CCOCCOCCCc1ccc2c(c1)C(=O)N(C1CCC(=O)NC1=O)C2=O)C(=O)c1ccc(-n2cc(NC(=O)c3coc(-c4ccncc4)n3)c(C(N)=O)n2)cc1. The number of nitrogens with one attached hydrogen (secondary N) is 2. The number of benzene rings is 2. The number of pyridine rings is 1. The molecule has 5 heterocycles. The molecular weight excluding hydrogens is 779 g/mol. The molecule has 2 aliphatic rings. The minimum Gasteiger partial charge on any atom is -0.444 e. The van der Waals surface area contributed by atoms with Gasteiger partial charge in [-0.05, 0) is 73.4 Å². The molecule has 1 fully saturated rings. The summed E-state index contributed by atoms with van der Waals surface area (Å²) in [5.41, 5.74) is 8.25.